The molecule has 202 valence electrons. The molecule has 0 fully saturated rings. The largest absolute Gasteiger partial charge is 0.471 e. The first-order valence-electron chi connectivity index (χ1n) is 8.57. The molecular weight excluding hydrogens is 552 g/mol. The third kappa shape index (κ3) is 4.56. The molecule has 2 rings (SSSR count). The maximum atomic E-state index is 13.8. The Hall–Kier alpha value is -3.08. The quantitative estimate of drug-likeness (QED) is 0.298. The van der Waals surface area contributed by atoms with E-state index in [1.54, 1.807) is 0 Å². The molecule has 0 atom stereocenters. The summed E-state index contributed by atoms with van der Waals surface area (Å²) in [6.07, 6.45) is -14.0. The molecule has 0 unspecified atom stereocenters. The van der Waals surface area contributed by atoms with Crippen LogP contribution in [-0.4, -0.2) is 35.9 Å². The third-order valence-corrected chi connectivity index (χ3v) is 4.18. The van der Waals surface area contributed by atoms with E-state index < -0.39 is 70.7 Å². The molecule has 0 aliphatic heterocycles. The molecule has 0 aliphatic carbocycles. The van der Waals surface area contributed by atoms with Gasteiger partial charge in [0.25, 0.3) is 0 Å². The van der Waals surface area contributed by atoms with Gasteiger partial charge in [0, 0.05) is 12.1 Å². The van der Waals surface area contributed by atoms with Crippen molar-refractivity contribution in [2.24, 2.45) is 0 Å². The second-order valence-corrected chi connectivity index (χ2v) is 6.68. The molecule has 0 aliphatic rings. The number of ether oxygens (including phenoxy) is 2. The fraction of sp³-hybridized carbons (Fsp3) is 0.333. The van der Waals surface area contributed by atoms with Crippen LogP contribution in [0.4, 0.5) is 70.2 Å². The summed E-state index contributed by atoms with van der Waals surface area (Å²) in [5, 5.41) is 0. The number of rotatable bonds is 9. The first kappa shape index (κ1) is 29.2. The van der Waals surface area contributed by atoms with E-state index in [-0.39, 0.29) is 36.4 Å². The van der Waals surface area contributed by atoms with E-state index in [1.165, 1.54) is 0 Å². The maximum Gasteiger partial charge on any atom is 0.471 e. The molecule has 0 bridgehead atoms. The summed E-state index contributed by atoms with van der Waals surface area (Å²) in [6, 6.07) is -0.981. The summed E-state index contributed by atoms with van der Waals surface area (Å²) in [7, 11) is 0. The van der Waals surface area contributed by atoms with Gasteiger partial charge in [-0.1, -0.05) is 0 Å². The summed E-state index contributed by atoms with van der Waals surface area (Å²) in [6.45, 7) is 0. The topological polar surface area (TPSA) is 18.5 Å². The summed E-state index contributed by atoms with van der Waals surface area (Å²) < 4.78 is 223. The van der Waals surface area contributed by atoms with Gasteiger partial charge in [-0.2, -0.15) is 52.7 Å². The van der Waals surface area contributed by atoms with E-state index in [0.29, 0.717) is 0 Å². The molecule has 0 aromatic heterocycles. The lowest BCUT2D eigenvalue weighted by Crippen LogP contribution is -2.72. The van der Waals surface area contributed by atoms with Gasteiger partial charge in [-0.3, -0.25) is 0 Å². The van der Waals surface area contributed by atoms with Gasteiger partial charge in [0.1, 0.15) is 11.6 Å². The number of benzene rings is 2. The van der Waals surface area contributed by atoms with Gasteiger partial charge in [0.2, 0.25) is 0 Å². The number of alkyl halides is 12. The van der Waals surface area contributed by atoms with Crippen LogP contribution in [0.25, 0.3) is 0 Å². The number of halogens is 16. The van der Waals surface area contributed by atoms with E-state index >= 15 is 0 Å². The van der Waals surface area contributed by atoms with Crippen LogP contribution in [0.15, 0.2) is 36.4 Å². The minimum absolute atomic E-state index is 0.0417. The fourth-order valence-corrected chi connectivity index (χ4v) is 2.28. The normalized spacial score (nSPS) is 14.1. The molecule has 0 spiro atoms. The predicted octanol–water partition coefficient (Wildman–Crippen LogP) is 7.43. The Labute approximate surface area is 188 Å². The highest BCUT2D eigenvalue weighted by molar-refractivity contribution is 5.27. The molecule has 18 heteroatoms. The smallest absolute Gasteiger partial charge is 0.425 e. The number of hydrogen-bond donors (Lipinski definition) is 0. The summed E-state index contributed by atoms with van der Waals surface area (Å²) in [5.74, 6) is -43.8. The molecule has 2 aromatic rings. The Morgan fingerprint density at radius 2 is 0.694 bits per heavy atom. The van der Waals surface area contributed by atoms with Crippen molar-refractivity contribution in [1.29, 1.82) is 0 Å². The molecule has 0 heterocycles. The van der Waals surface area contributed by atoms with Crippen LogP contribution in [0.1, 0.15) is 0 Å². The Kier molecular flexibility index (Phi) is 7.12. The molecular formula is C18H6F16O2. The minimum Gasteiger partial charge on any atom is -0.425 e. The van der Waals surface area contributed by atoms with E-state index in [1.807, 2.05) is 0 Å². The number of hydrogen-bond acceptors (Lipinski definition) is 2. The van der Waals surface area contributed by atoms with Crippen molar-refractivity contribution in [1.82, 2.24) is 0 Å². The maximum absolute atomic E-state index is 13.8. The van der Waals surface area contributed by atoms with E-state index in [2.05, 4.69) is 9.47 Å². The molecule has 0 N–H and O–H groups in total. The van der Waals surface area contributed by atoms with Crippen molar-refractivity contribution in [2.75, 3.05) is 0 Å². The SMILES string of the molecule is Fc1ccc(OC(F)(F)C(F)(F)C(F)(F)C(F)(F)C(F)(F)C(F)(F)Oc2ccc(F)cc2F)c(F)c1. The van der Waals surface area contributed by atoms with Crippen LogP contribution >= 0.6 is 0 Å². The zero-order valence-electron chi connectivity index (χ0n) is 16.3. The van der Waals surface area contributed by atoms with Gasteiger partial charge in [-0.05, 0) is 24.3 Å². The van der Waals surface area contributed by atoms with Gasteiger partial charge in [0.15, 0.2) is 23.1 Å². The average molecular weight is 558 g/mol. The highest BCUT2D eigenvalue weighted by Crippen LogP contribution is 2.60. The lowest BCUT2D eigenvalue weighted by atomic mass is 9.97. The van der Waals surface area contributed by atoms with Crippen LogP contribution < -0.4 is 9.47 Å². The van der Waals surface area contributed by atoms with E-state index in [0.717, 1.165) is 0 Å². The van der Waals surface area contributed by atoms with Crippen molar-refractivity contribution in [3.8, 4) is 11.5 Å². The van der Waals surface area contributed by atoms with Crippen molar-refractivity contribution in [3.05, 3.63) is 59.7 Å². The average Bonchev–Trinajstić information content (AvgIpc) is 2.71. The Bertz CT molecular complexity index is 1030. The van der Waals surface area contributed by atoms with Crippen molar-refractivity contribution in [2.45, 2.75) is 35.9 Å². The molecule has 2 aromatic carbocycles. The fourth-order valence-electron chi connectivity index (χ4n) is 2.28. The van der Waals surface area contributed by atoms with Gasteiger partial charge >= 0.3 is 35.9 Å². The zero-order chi connectivity index (χ0) is 28.1. The van der Waals surface area contributed by atoms with Crippen LogP contribution in [0, 0.1) is 23.3 Å². The van der Waals surface area contributed by atoms with Gasteiger partial charge in [0.05, 0.1) is 0 Å². The first-order chi connectivity index (χ1) is 16.0. The lowest BCUT2D eigenvalue weighted by molar-refractivity contribution is -0.461. The third-order valence-electron chi connectivity index (χ3n) is 4.18. The van der Waals surface area contributed by atoms with Gasteiger partial charge < -0.3 is 9.47 Å². The van der Waals surface area contributed by atoms with Gasteiger partial charge in [-0.15, -0.1) is 0 Å². The summed E-state index contributed by atoms with van der Waals surface area (Å²) in [5.41, 5.74) is 0. The van der Waals surface area contributed by atoms with E-state index in [4.69, 9.17) is 0 Å². The Balaban J connectivity index is 2.48. The molecule has 0 amide bonds. The standard InChI is InChI=1S/C18H6F16O2/c19-7-1-3-11(9(21)5-7)35-17(31,32)15(27,28)13(23,24)14(25,26)16(29,30)18(33,34)36-12-4-2-8(20)6-10(12)22/h1-6H. The van der Waals surface area contributed by atoms with Crippen LogP contribution in [-0.2, 0) is 0 Å². The second-order valence-electron chi connectivity index (χ2n) is 6.68. The Morgan fingerprint density at radius 1 is 0.417 bits per heavy atom. The lowest BCUT2D eigenvalue weighted by Gasteiger charge is -2.40. The van der Waals surface area contributed by atoms with Crippen LogP contribution in [0.5, 0.6) is 11.5 Å². The van der Waals surface area contributed by atoms with Crippen molar-refractivity contribution < 1.29 is 79.7 Å². The molecule has 0 saturated carbocycles. The monoisotopic (exact) mass is 558 g/mol. The molecule has 0 saturated heterocycles. The van der Waals surface area contributed by atoms with Crippen molar-refractivity contribution >= 4 is 0 Å². The zero-order valence-corrected chi connectivity index (χ0v) is 16.3. The van der Waals surface area contributed by atoms with E-state index in [9.17, 15) is 70.2 Å². The molecule has 2 nitrogen and oxygen atoms in total. The summed E-state index contributed by atoms with van der Waals surface area (Å²) >= 11 is 0. The van der Waals surface area contributed by atoms with Crippen LogP contribution in [0.3, 0.4) is 0 Å². The molecule has 36 heavy (non-hydrogen) atoms. The van der Waals surface area contributed by atoms with Gasteiger partial charge in [-0.25, -0.2) is 17.6 Å². The van der Waals surface area contributed by atoms with Crippen molar-refractivity contribution in [3.63, 3.8) is 0 Å². The Morgan fingerprint density at radius 3 is 0.944 bits per heavy atom. The minimum atomic E-state index is -8.13. The van der Waals surface area contributed by atoms with Crippen LogP contribution in [0.2, 0.25) is 0 Å². The predicted molar refractivity (Wildman–Crippen MR) is 83.7 cm³/mol. The second kappa shape index (κ2) is 8.79. The highest BCUT2D eigenvalue weighted by atomic mass is 19.4. The first-order valence-corrected chi connectivity index (χ1v) is 8.57. The molecule has 0 radical (unpaired) electrons. The summed E-state index contributed by atoms with van der Waals surface area (Å²) in [4.78, 5) is 0. The highest BCUT2D eigenvalue weighted by Gasteiger charge is 2.92.